The average molecular weight is 290 g/mol. The number of carbonyl (C=O) groups is 1. The number of hydrogen-bond donors (Lipinski definition) is 1. The van der Waals surface area contributed by atoms with Gasteiger partial charge in [0.25, 0.3) is 0 Å². The highest BCUT2D eigenvalue weighted by Crippen LogP contribution is 2.34. The highest BCUT2D eigenvalue weighted by Gasteiger charge is 2.30. The van der Waals surface area contributed by atoms with Gasteiger partial charge in [-0.25, -0.2) is 5.01 Å². The van der Waals surface area contributed by atoms with E-state index in [1.165, 1.54) is 4.88 Å². The highest BCUT2D eigenvalue weighted by atomic mass is 32.1. The predicted molar refractivity (Wildman–Crippen MR) is 79.6 cm³/mol. The van der Waals surface area contributed by atoms with E-state index in [0.29, 0.717) is 6.42 Å². The maximum Gasteiger partial charge on any atom is 0.241 e. The lowest BCUT2D eigenvalue weighted by atomic mass is 10.2. The van der Waals surface area contributed by atoms with E-state index in [1.54, 1.807) is 27.7 Å². The van der Waals surface area contributed by atoms with Gasteiger partial charge in [0.2, 0.25) is 5.91 Å². The van der Waals surface area contributed by atoms with Crippen LogP contribution in [0.3, 0.4) is 0 Å². The van der Waals surface area contributed by atoms with Crippen LogP contribution >= 0.6 is 22.7 Å². The van der Waals surface area contributed by atoms with Crippen LogP contribution < -0.4 is 5.43 Å². The first-order valence-electron chi connectivity index (χ1n) is 6.17. The molecule has 3 rings (SSSR count). The van der Waals surface area contributed by atoms with Gasteiger partial charge in [0.1, 0.15) is 6.04 Å². The van der Waals surface area contributed by atoms with Gasteiger partial charge in [-0.1, -0.05) is 19.1 Å². The number of nitrogens with zero attached hydrogens (tertiary/aromatic N) is 1. The Morgan fingerprint density at radius 3 is 2.74 bits per heavy atom. The standard InChI is InChI=1S/C14H14N2OS2/c1-2-14(17)16-11(13-6-4-8-19-13)9-10(15-16)12-5-3-7-18-12/h3-9,11,15H,2H2,1H3/t11-/m1/s1. The van der Waals surface area contributed by atoms with Crippen molar-refractivity contribution in [2.75, 3.05) is 0 Å². The molecule has 0 spiro atoms. The number of hydrogen-bond acceptors (Lipinski definition) is 4. The van der Waals surface area contributed by atoms with Gasteiger partial charge >= 0.3 is 0 Å². The molecule has 98 valence electrons. The summed E-state index contributed by atoms with van der Waals surface area (Å²) in [6.07, 6.45) is 2.63. The molecule has 1 aliphatic rings. The van der Waals surface area contributed by atoms with Crippen LogP contribution in [0.4, 0.5) is 0 Å². The summed E-state index contributed by atoms with van der Waals surface area (Å²) in [5.41, 5.74) is 4.27. The molecule has 19 heavy (non-hydrogen) atoms. The van der Waals surface area contributed by atoms with Crippen molar-refractivity contribution >= 4 is 34.3 Å². The molecule has 1 N–H and O–H groups in total. The normalized spacial score (nSPS) is 18.3. The predicted octanol–water partition coefficient (Wildman–Crippen LogP) is 3.65. The summed E-state index contributed by atoms with van der Waals surface area (Å²) < 4.78 is 0. The van der Waals surface area contributed by atoms with Crippen LogP contribution in [0.5, 0.6) is 0 Å². The molecule has 0 saturated heterocycles. The molecule has 3 heterocycles. The van der Waals surface area contributed by atoms with Gasteiger partial charge in [0.15, 0.2) is 0 Å². The van der Waals surface area contributed by atoms with Crippen LogP contribution in [0.2, 0.25) is 0 Å². The van der Waals surface area contributed by atoms with Crippen molar-refractivity contribution in [3.8, 4) is 0 Å². The van der Waals surface area contributed by atoms with Gasteiger partial charge in [0, 0.05) is 11.3 Å². The number of carbonyl (C=O) groups excluding carboxylic acids is 1. The molecule has 1 aliphatic heterocycles. The topological polar surface area (TPSA) is 32.3 Å². The van der Waals surface area contributed by atoms with E-state index in [4.69, 9.17) is 0 Å². The zero-order valence-electron chi connectivity index (χ0n) is 10.5. The third-order valence-electron chi connectivity index (χ3n) is 3.04. The zero-order chi connectivity index (χ0) is 13.2. The summed E-state index contributed by atoms with van der Waals surface area (Å²) in [6, 6.07) is 8.18. The number of nitrogens with one attached hydrogen (secondary N) is 1. The number of amides is 1. The number of rotatable bonds is 3. The fraction of sp³-hybridized carbons (Fsp3) is 0.214. The molecular weight excluding hydrogens is 276 g/mol. The van der Waals surface area contributed by atoms with Crippen LogP contribution in [0.1, 0.15) is 29.1 Å². The second-order valence-corrected chi connectivity index (χ2v) is 6.17. The lowest BCUT2D eigenvalue weighted by Gasteiger charge is -2.23. The minimum atomic E-state index is 0.00421. The monoisotopic (exact) mass is 290 g/mol. The van der Waals surface area contributed by atoms with Crippen LogP contribution in [0.15, 0.2) is 41.1 Å². The molecule has 3 nitrogen and oxygen atoms in total. The molecule has 0 radical (unpaired) electrons. The number of thiophene rings is 2. The maximum absolute atomic E-state index is 12.1. The molecule has 0 aromatic carbocycles. The maximum atomic E-state index is 12.1. The van der Waals surface area contributed by atoms with E-state index in [-0.39, 0.29) is 11.9 Å². The van der Waals surface area contributed by atoms with Gasteiger partial charge in [-0.15, -0.1) is 22.7 Å². The Morgan fingerprint density at radius 1 is 1.32 bits per heavy atom. The highest BCUT2D eigenvalue weighted by molar-refractivity contribution is 7.11. The van der Waals surface area contributed by atoms with Crippen molar-refractivity contribution in [1.82, 2.24) is 10.4 Å². The van der Waals surface area contributed by atoms with E-state index < -0.39 is 0 Å². The minimum absolute atomic E-state index is 0.00421. The smallest absolute Gasteiger partial charge is 0.241 e. The van der Waals surface area contributed by atoms with Gasteiger partial charge in [-0.2, -0.15) is 0 Å². The second-order valence-electron chi connectivity index (χ2n) is 4.25. The summed E-state index contributed by atoms with van der Waals surface area (Å²) in [6.45, 7) is 1.89. The molecule has 1 atom stereocenters. The van der Waals surface area contributed by atoms with Gasteiger partial charge in [0.05, 0.1) is 10.6 Å². The summed E-state index contributed by atoms with van der Waals surface area (Å²) in [7, 11) is 0. The summed E-state index contributed by atoms with van der Waals surface area (Å²) >= 11 is 3.35. The molecule has 1 amide bonds. The quantitative estimate of drug-likeness (QED) is 0.936. The Kier molecular flexibility index (Phi) is 3.40. The Labute approximate surface area is 120 Å². The summed E-state index contributed by atoms with van der Waals surface area (Å²) in [4.78, 5) is 14.4. The minimum Gasteiger partial charge on any atom is -0.294 e. The van der Waals surface area contributed by atoms with Gasteiger partial charge in [-0.05, 0) is 29.0 Å². The first-order valence-corrected chi connectivity index (χ1v) is 7.93. The van der Waals surface area contributed by atoms with E-state index >= 15 is 0 Å². The third kappa shape index (κ3) is 2.31. The van der Waals surface area contributed by atoms with Crippen molar-refractivity contribution in [3.63, 3.8) is 0 Å². The average Bonchev–Trinajstić information content (AvgIpc) is 3.14. The van der Waals surface area contributed by atoms with Gasteiger partial charge in [-0.3, -0.25) is 10.2 Å². The zero-order valence-corrected chi connectivity index (χ0v) is 12.1. The van der Waals surface area contributed by atoms with Crippen LogP contribution in [0.25, 0.3) is 5.70 Å². The summed E-state index contributed by atoms with van der Waals surface area (Å²) in [5, 5.41) is 5.82. The van der Waals surface area contributed by atoms with Crippen molar-refractivity contribution in [2.24, 2.45) is 0 Å². The molecule has 5 heteroatoms. The largest absolute Gasteiger partial charge is 0.294 e. The molecule has 2 aromatic heterocycles. The first-order chi connectivity index (χ1) is 9.29. The van der Waals surface area contributed by atoms with E-state index in [1.807, 2.05) is 29.8 Å². The Morgan fingerprint density at radius 2 is 2.11 bits per heavy atom. The van der Waals surface area contributed by atoms with Crippen molar-refractivity contribution < 1.29 is 4.79 Å². The lowest BCUT2D eigenvalue weighted by Crippen LogP contribution is -2.38. The Balaban J connectivity index is 1.94. The van der Waals surface area contributed by atoms with Crippen LogP contribution in [-0.4, -0.2) is 10.9 Å². The number of hydrazine groups is 1. The fourth-order valence-corrected chi connectivity index (χ4v) is 3.58. The Bertz CT molecular complexity index is 587. The van der Waals surface area contributed by atoms with Crippen LogP contribution in [0, 0.1) is 0 Å². The molecular formula is C14H14N2OS2. The SMILES string of the molecule is CCC(=O)N1NC(c2cccs2)=C[C@@H]1c1cccs1. The molecule has 0 saturated carbocycles. The lowest BCUT2D eigenvalue weighted by molar-refractivity contribution is -0.134. The van der Waals surface area contributed by atoms with E-state index in [2.05, 4.69) is 23.6 Å². The van der Waals surface area contributed by atoms with Crippen molar-refractivity contribution in [1.29, 1.82) is 0 Å². The molecule has 0 fully saturated rings. The summed E-state index contributed by atoms with van der Waals surface area (Å²) in [5.74, 6) is 0.112. The molecule has 0 unspecified atom stereocenters. The van der Waals surface area contributed by atoms with Crippen molar-refractivity contribution in [2.45, 2.75) is 19.4 Å². The molecule has 0 bridgehead atoms. The van der Waals surface area contributed by atoms with E-state index in [0.717, 1.165) is 10.6 Å². The Hall–Kier alpha value is -1.59. The fourth-order valence-electron chi connectivity index (χ4n) is 2.09. The first kappa shape index (κ1) is 12.4. The van der Waals surface area contributed by atoms with E-state index in [9.17, 15) is 4.79 Å². The third-order valence-corrected chi connectivity index (χ3v) is 4.88. The van der Waals surface area contributed by atoms with Crippen LogP contribution in [-0.2, 0) is 4.79 Å². The van der Waals surface area contributed by atoms with Gasteiger partial charge < -0.3 is 0 Å². The molecule has 2 aromatic rings. The second kappa shape index (κ2) is 5.19. The van der Waals surface area contributed by atoms with Crippen molar-refractivity contribution in [3.05, 3.63) is 50.9 Å². The molecule has 0 aliphatic carbocycles.